The second-order valence-electron chi connectivity index (χ2n) is 9.95. The highest BCUT2D eigenvalue weighted by molar-refractivity contribution is 5.76. The largest absolute Gasteiger partial charge is 0.483 e. The van der Waals surface area contributed by atoms with Crippen LogP contribution >= 0.6 is 0 Å². The van der Waals surface area contributed by atoms with Gasteiger partial charge in [0.2, 0.25) is 5.91 Å². The fraction of sp³-hybridized carbons (Fsp3) is 0.680. The van der Waals surface area contributed by atoms with Gasteiger partial charge in [0.1, 0.15) is 0 Å². The lowest BCUT2D eigenvalue weighted by atomic mass is 9.73. The van der Waals surface area contributed by atoms with Crippen molar-refractivity contribution in [2.24, 2.45) is 17.8 Å². The van der Waals surface area contributed by atoms with Crippen LogP contribution in [0.3, 0.4) is 0 Å². The number of amides is 1. The first kappa shape index (κ1) is 22.3. The van der Waals surface area contributed by atoms with Gasteiger partial charge in [-0.25, -0.2) is 0 Å². The van der Waals surface area contributed by atoms with E-state index in [0.717, 1.165) is 39.0 Å². The van der Waals surface area contributed by atoms with E-state index in [1.165, 1.54) is 43.2 Å². The van der Waals surface area contributed by atoms with Gasteiger partial charge in [-0.1, -0.05) is 42.7 Å². The number of hydrogen-bond donors (Lipinski definition) is 2. The van der Waals surface area contributed by atoms with Crippen LogP contribution < -0.4 is 5.32 Å². The summed E-state index contributed by atoms with van der Waals surface area (Å²) in [5.74, 6) is 1.95. The predicted octanol–water partition coefficient (Wildman–Crippen LogP) is 3.37. The van der Waals surface area contributed by atoms with E-state index in [1.807, 2.05) is 0 Å². The fourth-order valence-corrected chi connectivity index (χ4v) is 6.53. The Morgan fingerprint density at radius 2 is 2.10 bits per heavy atom. The molecule has 3 aliphatic heterocycles. The van der Waals surface area contributed by atoms with E-state index in [2.05, 4.69) is 41.4 Å². The molecular formula is C25H36N2O4. The highest BCUT2D eigenvalue weighted by atomic mass is 16.5. The van der Waals surface area contributed by atoms with Crippen LogP contribution in [0.15, 0.2) is 24.3 Å². The van der Waals surface area contributed by atoms with Crippen molar-refractivity contribution < 1.29 is 19.4 Å². The maximum Gasteiger partial charge on any atom is 0.290 e. The summed E-state index contributed by atoms with van der Waals surface area (Å²) >= 11 is 0. The number of fused-ring (bicyclic) bond motifs is 1. The van der Waals surface area contributed by atoms with Gasteiger partial charge in [-0.15, -0.1) is 0 Å². The molecule has 5 rings (SSSR count). The number of nitrogens with zero attached hydrogens (tertiary/aromatic N) is 1. The monoisotopic (exact) mass is 428 g/mol. The van der Waals surface area contributed by atoms with Crippen molar-refractivity contribution in [3.63, 3.8) is 0 Å². The maximum absolute atomic E-state index is 12.4. The number of likely N-dealkylation sites (tertiary alicyclic amines) is 1. The van der Waals surface area contributed by atoms with Gasteiger partial charge in [0.15, 0.2) is 0 Å². The van der Waals surface area contributed by atoms with Gasteiger partial charge >= 0.3 is 0 Å². The molecule has 0 unspecified atom stereocenters. The lowest BCUT2D eigenvalue weighted by Gasteiger charge is -2.29. The van der Waals surface area contributed by atoms with Gasteiger partial charge < -0.3 is 15.2 Å². The molecule has 0 radical (unpaired) electrons. The molecule has 4 fully saturated rings. The minimum atomic E-state index is -0.250. The van der Waals surface area contributed by atoms with E-state index in [0.29, 0.717) is 23.9 Å². The van der Waals surface area contributed by atoms with Crippen molar-refractivity contribution in [3.05, 3.63) is 35.4 Å². The molecule has 0 aromatic heterocycles. The molecule has 1 spiro atoms. The lowest BCUT2D eigenvalue weighted by Crippen LogP contribution is -2.42. The molecule has 6 heteroatoms. The normalized spacial score (nSPS) is 31.8. The number of benzene rings is 1. The first-order chi connectivity index (χ1) is 15.0. The van der Waals surface area contributed by atoms with Crippen molar-refractivity contribution in [1.29, 1.82) is 0 Å². The van der Waals surface area contributed by atoms with E-state index in [9.17, 15) is 4.79 Å². The van der Waals surface area contributed by atoms with Crippen LogP contribution in [0.1, 0.15) is 56.1 Å². The molecule has 31 heavy (non-hydrogen) atoms. The zero-order valence-corrected chi connectivity index (χ0v) is 18.6. The Labute approximate surface area is 185 Å². The molecule has 2 bridgehead atoms. The quantitative estimate of drug-likeness (QED) is 0.679. The van der Waals surface area contributed by atoms with Crippen molar-refractivity contribution in [3.8, 4) is 0 Å². The van der Waals surface area contributed by atoms with Gasteiger partial charge in [-0.3, -0.25) is 14.5 Å². The summed E-state index contributed by atoms with van der Waals surface area (Å²) in [6, 6.07) is 8.85. The van der Waals surface area contributed by atoms with Gasteiger partial charge in [-0.2, -0.15) is 0 Å². The second-order valence-corrected chi connectivity index (χ2v) is 9.95. The fourth-order valence-electron chi connectivity index (χ4n) is 6.53. The number of carbonyl (C=O) groups excluding carboxylic acids is 1. The van der Waals surface area contributed by atoms with Crippen molar-refractivity contribution in [1.82, 2.24) is 10.2 Å². The average molecular weight is 429 g/mol. The summed E-state index contributed by atoms with van der Waals surface area (Å²) < 4.78 is 6.56. The minimum Gasteiger partial charge on any atom is -0.483 e. The molecule has 1 aromatic carbocycles. The van der Waals surface area contributed by atoms with Crippen molar-refractivity contribution in [2.45, 2.75) is 70.1 Å². The van der Waals surface area contributed by atoms with Gasteiger partial charge in [0.25, 0.3) is 6.47 Å². The van der Waals surface area contributed by atoms with Crippen LogP contribution in [-0.4, -0.2) is 53.7 Å². The first-order valence-electron chi connectivity index (χ1n) is 11.8. The molecule has 3 heterocycles. The summed E-state index contributed by atoms with van der Waals surface area (Å²) in [4.78, 5) is 23.4. The van der Waals surface area contributed by atoms with Gasteiger partial charge in [0.05, 0.1) is 11.7 Å². The Hall–Kier alpha value is -1.92. The topological polar surface area (TPSA) is 78.9 Å². The number of rotatable bonds is 6. The Balaban J connectivity index is 0.000000730. The number of aryl methyl sites for hydroxylation is 1. The smallest absolute Gasteiger partial charge is 0.290 e. The summed E-state index contributed by atoms with van der Waals surface area (Å²) in [5.41, 5.74) is 2.78. The maximum atomic E-state index is 12.4. The lowest BCUT2D eigenvalue weighted by molar-refractivity contribution is -0.123. The summed E-state index contributed by atoms with van der Waals surface area (Å²) in [6.45, 7) is 5.88. The highest BCUT2D eigenvalue weighted by Gasteiger charge is 2.62. The van der Waals surface area contributed by atoms with Crippen molar-refractivity contribution in [2.75, 3.05) is 19.6 Å². The molecule has 1 saturated carbocycles. The molecule has 3 saturated heterocycles. The molecular weight excluding hydrogens is 392 g/mol. The third-order valence-corrected chi connectivity index (χ3v) is 7.83. The Morgan fingerprint density at radius 1 is 1.32 bits per heavy atom. The highest BCUT2D eigenvalue weighted by Crippen LogP contribution is 2.54. The molecule has 1 aromatic rings. The zero-order chi connectivity index (χ0) is 21.8. The van der Waals surface area contributed by atoms with E-state index < -0.39 is 0 Å². The summed E-state index contributed by atoms with van der Waals surface area (Å²) in [5, 5.41) is 10.2. The van der Waals surface area contributed by atoms with E-state index in [-0.39, 0.29) is 18.0 Å². The molecule has 1 aliphatic carbocycles. The van der Waals surface area contributed by atoms with Crippen LogP contribution in [0.4, 0.5) is 0 Å². The standard InChI is InChI=1S/C24H34N2O2.CH2O2/c1-17-5-4-8-19(11-17)14-26-15-21-20(22-9-10-24(21,16-26)28-22)13-25-23(27)12-18-6-2-3-7-18;2-1-3/h4-5,8,11,18,20-22H,2-3,6-7,9-10,12-16H2,1H3,(H,25,27);1H,(H,2,3)/t20-,21+,22+,24+;/m0./s1. The summed E-state index contributed by atoms with van der Waals surface area (Å²) in [7, 11) is 0. The second kappa shape index (κ2) is 9.70. The van der Waals surface area contributed by atoms with Gasteiger partial charge in [0, 0.05) is 44.4 Å². The molecule has 6 nitrogen and oxygen atoms in total. The number of hydrogen-bond acceptors (Lipinski definition) is 4. The minimum absolute atomic E-state index is 0.0509. The van der Waals surface area contributed by atoms with Crippen LogP contribution in [0, 0.1) is 24.7 Å². The van der Waals surface area contributed by atoms with E-state index >= 15 is 0 Å². The van der Waals surface area contributed by atoms with Crippen LogP contribution in [-0.2, 0) is 20.9 Å². The van der Waals surface area contributed by atoms with Crippen LogP contribution in [0.25, 0.3) is 0 Å². The summed E-state index contributed by atoms with van der Waals surface area (Å²) in [6.07, 6.45) is 8.53. The SMILES string of the molecule is Cc1cccc(CN2C[C@@H]3[C@H](CNC(=O)CC4CCCC4)[C@H]4CC[C@]3(C2)O4)c1.O=CO. The molecule has 170 valence electrons. The van der Waals surface area contributed by atoms with E-state index in [1.54, 1.807) is 0 Å². The third-order valence-electron chi connectivity index (χ3n) is 7.83. The zero-order valence-electron chi connectivity index (χ0n) is 18.6. The molecule has 2 N–H and O–H groups in total. The number of ether oxygens (including phenoxy) is 1. The van der Waals surface area contributed by atoms with Crippen LogP contribution in [0.5, 0.6) is 0 Å². The van der Waals surface area contributed by atoms with Gasteiger partial charge in [-0.05, 0) is 44.1 Å². The Bertz CT molecular complexity index is 779. The number of nitrogens with one attached hydrogen (secondary N) is 1. The molecule has 4 aliphatic rings. The number of carboxylic acid groups (broad SMARTS) is 1. The Kier molecular flexibility index (Phi) is 6.97. The van der Waals surface area contributed by atoms with E-state index in [4.69, 9.17) is 14.6 Å². The van der Waals surface area contributed by atoms with Crippen molar-refractivity contribution >= 4 is 12.4 Å². The predicted molar refractivity (Wildman–Crippen MR) is 119 cm³/mol. The number of carbonyl (C=O) groups is 2. The Morgan fingerprint density at radius 3 is 2.84 bits per heavy atom. The van der Waals surface area contributed by atoms with Crippen LogP contribution in [0.2, 0.25) is 0 Å². The average Bonchev–Trinajstić information content (AvgIpc) is 3.48. The molecule has 4 atom stereocenters. The first-order valence-corrected chi connectivity index (χ1v) is 11.8. The molecule has 1 amide bonds. The third kappa shape index (κ3) is 4.96.